The molecule has 0 aromatic rings. The van der Waals surface area contributed by atoms with Gasteiger partial charge in [-0.3, -0.25) is 19.4 Å². The zero-order chi connectivity index (χ0) is 16.5. The van der Waals surface area contributed by atoms with Gasteiger partial charge in [0.1, 0.15) is 12.1 Å². The van der Waals surface area contributed by atoms with Crippen LogP contribution in [0.25, 0.3) is 0 Å². The Balaban J connectivity index is 2.22. The molecule has 0 bridgehead atoms. The Morgan fingerprint density at radius 3 is 2.36 bits per heavy atom. The van der Waals surface area contributed by atoms with Gasteiger partial charge in [-0.1, -0.05) is 0 Å². The quantitative estimate of drug-likeness (QED) is 0.578. The van der Waals surface area contributed by atoms with Crippen LogP contribution >= 0.6 is 0 Å². The van der Waals surface area contributed by atoms with E-state index in [-0.39, 0.29) is 39.1 Å². The van der Waals surface area contributed by atoms with E-state index < -0.39 is 29.5 Å². The maximum atomic E-state index is 12.5. The van der Waals surface area contributed by atoms with Crippen LogP contribution in [0.15, 0.2) is 0 Å². The maximum Gasteiger partial charge on any atom is 0.407 e. The third-order valence-electron chi connectivity index (χ3n) is 4.19. The van der Waals surface area contributed by atoms with Crippen LogP contribution < -0.4 is 0 Å². The lowest BCUT2D eigenvalue weighted by atomic mass is 9.86. The molecule has 2 heterocycles. The number of esters is 1. The van der Waals surface area contributed by atoms with E-state index in [4.69, 9.17) is 9.84 Å². The minimum Gasteiger partial charge on any atom is -0.465 e. The number of carbonyl (C=O) groups is 4. The topological polar surface area (TPSA) is 107 Å². The van der Waals surface area contributed by atoms with Crippen molar-refractivity contribution in [3.05, 3.63) is 0 Å². The Hall–Kier alpha value is -2.32. The van der Waals surface area contributed by atoms with Gasteiger partial charge in [-0.15, -0.1) is 0 Å². The Morgan fingerprint density at radius 1 is 1.27 bits per heavy atom. The molecule has 2 aliphatic heterocycles. The van der Waals surface area contributed by atoms with Crippen molar-refractivity contribution in [1.82, 2.24) is 14.7 Å². The number of likely N-dealkylation sites (N-methyl/N-ethyl adjacent to an activating group) is 1. The van der Waals surface area contributed by atoms with E-state index in [0.717, 1.165) is 4.90 Å². The highest BCUT2D eigenvalue weighted by atomic mass is 16.5. The summed E-state index contributed by atoms with van der Waals surface area (Å²) in [4.78, 5) is 50.8. The van der Waals surface area contributed by atoms with E-state index in [2.05, 4.69) is 0 Å². The average Bonchev–Trinajstić information content (AvgIpc) is 2.64. The first-order chi connectivity index (χ1) is 10.3. The number of imide groups is 1. The number of nitrogens with zero attached hydrogens (tertiary/aromatic N) is 3. The van der Waals surface area contributed by atoms with E-state index in [1.807, 2.05) is 0 Å². The van der Waals surface area contributed by atoms with Gasteiger partial charge in [-0.25, -0.2) is 9.59 Å². The van der Waals surface area contributed by atoms with Crippen LogP contribution in [0.4, 0.5) is 9.59 Å². The van der Waals surface area contributed by atoms with Gasteiger partial charge in [0.15, 0.2) is 0 Å². The van der Waals surface area contributed by atoms with Gasteiger partial charge in [0.25, 0.3) is 5.91 Å². The Bertz CT molecular complexity index is 512. The van der Waals surface area contributed by atoms with Crippen molar-refractivity contribution >= 4 is 24.0 Å². The molecule has 0 atom stereocenters. The summed E-state index contributed by atoms with van der Waals surface area (Å²) in [5.74, 6) is -0.981. The van der Waals surface area contributed by atoms with Crippen molar-refractivity contribution in [3.63, 3.8) is 0 Å². The molecule has 0 aromatic carbocycles. The molecule has 0 radical (unpaired) electrons. The minimum atomic E-state index is -1.15. The molecule has 9 nitrogen and oxygen atoms in total. The smallest absolute Gasteiger partial charge is 0.407 e. The van der Waals surface area contributed by atoms with Crippen molar-refractivity contribution < 1.29 is 29.0 Å². The molecule has 0 aromatic heterocycles. The summed E-state index contributed by atoms with van der Waals surface area (Å²) in [6, 6.07) is -0.554. The molecule has 2 saturated heterocycles. The van der Waals surface area contributed by atoms with Crippen molar-refractivity contribution in [1.29, 1.82) is 0 Å². The Morgan fingerprint density at radius 2 is 1.86 bits per heavy atom. The number of likely N-dealkylation sites (tertiary alicyclic amines) is 1. The number of hydrogen-bond acceptors (Lipinski definition) is 5. The lowest BCUT2D eigenvalue weighted by Crippen LogP contribution is -2.58. The van der Waals surface area contributed by atoms with E-state index in [9.17, 15) is 19.2 Å². The second-order valence-corrected chi connectivity index (χ2v) is 5.34. The van der Waals surface area contributed by atoms with Gasteiger partial charge in [-0.05, 0) is 19.8 Å². The molecular formula is C13H19N3O6. The number of amides is 4. The SMILES string of the molecule is CCOC(=O)CN1C(=O)N(C)C(=O)C12CCN(C(=O)O)CC2. The first kappa shape index (κ1) is 16.1. The van der Waals surface area contributed by atoms with Crippen LogP contribution in [-0.4, -0.2) is 82.6 Å². The predicted molar refractivity (Wildman–Crippen MR) is 73.1 cm³/mol. The molecule has 0 aliphatic carbocycles. The number of rotatable bonds is 3. The number of urea groups is 1. The fourth-order valence-corrected chi connectivity index (χ4v) is 2.99. The number of piperidine rings is 1. The Kier molecular flexibility index (Phi) is 4.25. The van der Waals surface area contributed by atoms with Crippen LogP contribution in [0.1, 0.15) is 19.8 Å². The van der Waals surface area contributed by atoms with Crippen LogP contribution in [-0.2, 0) is 14.3 Å². The molecule has 2 fully saturated rings. The van der Waals surface area contributed by atoms with Crippen LogP contribution in [0.3, 0.4) is 0 Å². The largest absolute Gasteiger partial charge is 0.465 e. The van der Waals surface area contributed by atoms with Gasteiger partial charge >= 0.3 is 18.1 Å². The van der Waals surface area contributed by atoms with Crippen molar-refractivity contribution in [3.8, 4) is 0 Å². The molecule has 2 aliphatic rings. The first-order valence-corrected chi connectivity index (χ1v) is 7.06. The van der Waals surface area contributed by atoms with Gasteiger partial charge < -0.3 is 14.7 Å². The van der Waals surface area contributed by atoms with E-state index >= 15 is 0 Å². The zero-order valence-corrected chi connectivity index (χ0v) is 12.6. The van der Waals surface area contributed by atoms with Gasteiger partial charge in [-0.2, -0.15) is 0 Å². The highest BCUT2D eigenvalue weighted by Gasteiger charge is 2.57. The molecule has 122 valence electrons. The fraction of sp³-hybridized carbons (Fsp3) is 0.692. The standard InChI is InChI=1S/C13H19N3O6/c1-3-22-9(17)8-16-11(19)14(2)10(18)13(16)4-6-15(7-5-13)12(20)21/h3-8H2,1-2H3,(H,20,21). The molecule has 0 unspecified atom stereocenters. The van der Waals surface area contributed by atoms with Crippen molar-refractivity contribution in [2.24, 2.45) is 0 Å². The van der Waals surface area contributed by atoms with Crippen molar-refractivity contribution in [2.45, 2.75) is 25.3 Å². The number of carbonyl (C=O) groups excluding carboxylic acids is 3. The summed E-state index contributed by atoms with van der Waals surface area (Å²) >= 11 is 0. The summed E-state index contributed by atoms with van der Waals surface area (Å²) in [6.45, 7) is 1.81. The lowest BCUT2D eigenvalue weighted by Gasteiger charge is -2.40. The average molecular weight is 313 g/mol. The third kappa shape index (κ3) is 2.46. The molecule has 0 saturated carbocycles. The summed E-state index contributed by atoms with van der Waals surface area (Å²) < 4.78 is 4.85. The maximum absolute atomic E-state index is 12.5. The number of ether oxygens (including phenoxy) is 1. The second-order valence-electron chi connectivity index (χ2n) is 5.34. The van der Waals surface area contributed by atoms with Crippen LogP contribution in [0.5, 0.6) is 0 Å². The molecule has 9 heteroatoms. The fourth-order valence-electron chi connectivity index (χ4n) is 2.99. The van der Waals surface area contributed by atoms with Gasteiger partial charge in [0.05, 0.1) is 6.61 Å². The normalized spacial score (nSPS) is 20.7. The summed E-state index contributed by atoms with van der Waals surface area (Å²) in [6.07, 6.45) is -0.710. The van der Waals surface area contributed by atoms with Crippen molar-refractivity contribution in [2.75, 3.05) is 33.3 Å². The molecule has 22 heavy (non-hydrogen) atoms. The lowest BCUT2D eigenvalue weighted by molar-refractivity contribution is -0.146. The van der Waals surface area contributed by atoms with Gasteiger partial charge in [0.2, 0.25) is 0 Å². The van der Waals surface area contributed by atoms with Crippen LogP contribution in [0, 0.1) is 0 Å². The third-order valence-corrected chi connectivity index (χ3v) is 4.19. The number of hydrogen-bond donors (Lipinski definition) is 1. The monoisotopic (exact) mass is 313 g/mol. The summed E-state index contributed by atoms with van der Waals surface area (Å²) in [7, 11) is 1.36. The molecule has 1 N–H and O–H groups in total. The highest BCUT2D eigenvalue weighted by Crippen LogP contribution is 2.36. The second kappa shape index (κ2) is 5.82. The zero-order valence-electron chi connectivity index (χ0n) is 12.6. The molecule has 4 amide bonds. The molecule has 1 spiro atoms. The molecular weight excluding hydrogens is 294 g/mol. The predicted octanol–water partition coefficient (Wildman–Crippen LogP) is -0.0439. The van der Waals surface area contributed by atoms with E-state index in [0.29, 0.717) is 0 Å². The molecule has 2 rings (SSSR count). The van der Waals surface area contributed by atoms with Gasteiger partial charge in [0, 0.05) is 20.1 Å². The minimum absolute atomic E-state index is 0.140. The summed E-state index contributed by atoms with van der Waals surface area (Å²) in [5.41, 5.74) is -1.15. The highest BCUT2D eigenvalue weighted by molar-refractivity contribution is 6.07. The van der Waals surface area contributed by atoms with E-state index in [1.54, 1.807) is 6.92 Å². The van der Waals surface area contributed by atoms with Crippen LogP contribution in [0.2, 0.25) is 0 Å². The number of carboxylic acid groups (broad SMARTS) is 1. The summed E-state index contributed by atoms with van der Waals surface area (Å²) in [5, 5.41) is 9.00. The first-order valence-electron chi connectivity index (χ1n) is 7.06. The van der Waals surface area contributed by atoms with E-state index in [1.165, 1.54) is 16.8 Å². The Labute approximate surface area is 127 Å².